The summed E-state index contributed by atoms with van der Waals surface area (Å²) >= 11 is 0. The van der Waals surface area contributed by atoms with Gasteiger partial charge in [-0.3, -0.25) is 4.79 Å². The zero-order valence-electron chi connectivity index (χ0n) is 21.3. The van der Waals surface area contributed by atoms with Crippen LogP contribution in [0.3, 0.4) is 0 Å². The number of benzene rings is 2. The summed E-state index contributed by atoms with van der Waals surface area (Å²) in [5, 5.41) is 12.4. The number of anilines is 1. The van der Waals surface area contributed by atoms with Crippen LogP contribution in [0.25, 0.3) is 0 Å². The van der Waals surface area contributed by atoms with Crippen molar-refractivity contribution in [2.24, 2.45) is 5.92 Å². The van der Waals surface area contributed by atoms with Gasteiger partial charge in [0.25, 0.3) is 5.91 Å². The van der Waals surface area contributed by atoms with E-state index in [1.54, 1.807) is 30.3 Å². The van der Waals surface area contributed by atoms with Gasteiger partial charge in [0, 0.05) is 11.3 Å². The van der Waals surface area contributed by atoms with Crippen molar-refractivity contribution in [2.45, 2.75) is 90.2 Å². The summed E-state index contributed by atoms with van der Waals surface area (Å²) < 4.78 is 5.62. The van der Waals surface area contributed by atoms with Crippen molar-refractivity contribution in [3.05, 3.63) is 59.2 Å². The van der Waals surface area contributed by atoms with Crippen LogP contribution in [0.15, 0.2) is 42.5 Å². The molecule has 0 radical (unpaired) electrons. The van der Waals surface area contributed by atoms with Crippen LogP contribution in [0.5, 0.6) is 5.75 Å². The Hall–Kier alpha value is -3.02. The Morgan fingerprint density at radius 1 is 1.06 bits per heavy atom. The highest BCUT2D eigenvalue weighted by atomic mass is 16.6. The minimum absolute atomic E-state index is 0.231. The molecule has 0 heterocycles. The van der Waals surface area contributed by atoms with E-state index in [1.807, 2.05) is 32.9 Å². The number of aryl methyl sites for hydroxylation is 2. The van der Waals surface area contributed by atoms with Gasteiger partial charge in [-0.15, -0.1) is 0 Å². The maximum Gasteiger partial charge on any atom is 0.329 e. The van der Waals surface area contributed by atoms with Crippen LogP contribution >= 0.6 is 0 Å². The van der Waals surface area contributed by atoms with E-state index in [2.05, 4.69) is 5.32 Å². The smallest absolute Gasteiger partial charge is 0.329 e. The van der Waals surface area contributed by atoms with Crippen molar-refractivity contribution in [2.75, 3.05) is 5.73 Å². The summed E-state index contributed by atoms with van der Waals surface area (Å²) in [5.41, 5.74) is 8.62. The van der Waals surface area contributed by atoms with E-state index in [4.69, 9.17) is 10.5 Å². The zero-order chi connectivity index (χ0) is 25.4. The van der Waals surface area contributed by atoms with Gasteiger partial charge in [-0.2, -0.15) is 0 Å². The van der Waals surface area contributed by atoms with Crippen molar-refractivity contribution >= 4 is 17.6 Å². The molecule has 0 aromatic heterocycles. The van der Waals surface area contributed by atoms with Gasteiger partial charge in [0.05, 0.1) is 0 Å². The third-order valence-corrected chi connectivity index (χ3v) is 6.61. The Labute approximate surface area is 209 Å². The third-order valence-electron chi connectivity index (χ3n) is 6.61. The zero-order valence-corrected chi connectivity index (χ0v) is 21.3. The third kappa shape index (κ3) is 8.61. The quantitative estimate of drug-likeness (QED) is 0.322. The monoisotopic (exact) mass is 480 g/mol. The van der Waals surface area contributed by atoms with Crippen molar-refractivity contribution < 1.29 is 19.4 Å². The molecule has 1 saturated carbocycles. The number of rotatable bonds is 9. The summed E-state index contributed by atoms with van der Waals surface area (Å²) in [6.07, 6.45) is 9.03. The number of hydrogen-bond donors (Lipinski definition) is 3. The van der Waals surface area contributed by atoms with Crippen LogP contribution in [0.1, 0.15) is 87.2 Å². The average molecular weight is 481 g/mol. The maximum absolute atomic E-state index is 13.2. The number of carbonyl (C=O) groups excluding carboxylic acids is 2. The molecule has 6 heteroatoms. The summed E-state index contributed by atoms with van der Waals surface area (Å²) in [4.78, 5) is 26.1. The number of nitrogens with two attached hydrogens (primary N) is 1. The molecule has 1 aliphatic rings. The second kappa shape index (κ2) is 12.1. The number of aromatic hydroxyl groups is 1. The summed E-state index contributed by atoms with van der Waals surface area (Å²) in [6, 6.07) is 11.6. The first-order valence-electron chi connectivity index (χ1n) is 12.8. The fourth-order valence-corrected chi connectivity index (χ4v) is 4.65. The highest BCUT2D eigenvalue weighted by molar-refractivity contribution is 5.97. The van der Waals surface area contributed by atoms with Gasteiger partial charge >= 0.3 is 5.97 Å². The predicted octanol–water partition coefficient (Wildman–Crippen LogP) is 5.56. The molecule has 3 rings (SSSR count). The number of nitrogen functional groups attached to an aromatic ring is 1. The molecule has 190 valence electrons. The average Bonchev–Trinajstić information content (AvgIpc) is 2.81. The number of phenolic OH excluding ortho intramolecular Hbond substituents is 1. The molecule has 1 fully saturated rings. The van der Waals surface area contributed by atoms with Gasteiger partial charge in [-0.1, -0.05) is 44.2 Å². The molecule has 1 aliphatic carbocycles. The van der Waals surface area contributed by atoms with E-state index in [1.165, 1.54) is 32.1 Å². The topological polar surface area (TPSA) is 102 Å². The van der Waals surface area contributed by atoms with E-state index in [-0.39, 0.29) is 17.6 Å². The van der Waals surface area contributed by atoms with Crippen LogP contribution in [-0.4, -0.2) is 28.6 Å². The molecule has 0 unspecified atom stereocenters. The van der Waals surface area contributed by atoms with Crippen LogP contribution in [0.2, 0.25) is 0 Å². The molecular formula is C29H40N2O4. The molecule has 0 aliphatic heterocycles. The largest absolute Gasteiger partial charge is 0.508 e. The lowest BCUT2D eigenvalue weighted by Crippen LogP contribution is -2.44. The molecule has 35 heavy (non-hydrogen) atoms. The molecule has 1 amide bonds. The lowest BCUT2D eigenvalue weighted by Gasteiger charge is -2.27. The Balaban J connectivity index is 1.68. The second-order valence-electron chi connectivity index (χ2n) is 10.7. The first-order chi connectivity index (χ1) is 16.6. The first-order valence-corrected chi connectivity index (χ1v) is 12.8. The van der Waals surface area contributed by atoms with Crippen LogP contribution in [0, 0.1) is 5.92 Å². The summed E-state index contributed by atoms with van der Waals surface area (Å²) in [7, 11) is 0. The van der Waals surface area contributed by atoms with Crippen LogP contribution in [-0.2, 0) is 22.4 Å². The van der Waals surface area contributed by atoms with Crippen molar-refractivity contribution in [3.63, 3.8) is 0 Å². The Morgan fingerprint density at radius 3 is 2.40 bits per heavy atom. The minimum Gasteiger partial charge on any atom is -0.508 e. The van der Waals surface area contributed by atoms with E-state index < -0.39 is 11.6 Å². The second-order valence-corrected chi connectivity index (χ2v) is 10.7. The van der Waals surface area contributed by atoms with Crippen LogP contribution in [0.4, 0.5) is 5.69 Å². The number of phenols is 1. The number of hydrogen-bond acceptors (Lipinski definition) is 5. The molecule has 1 atom stereocenters. The van der Waals surface area contributed by atoms with Gasteiger partial charge in [-0.05, 0) is 93.8 Å². The highest BCUT2D eigenvalue weighted by Crippen LogP contribution is 2.28. The summed E-state index contributed by atoms with van der Waals surface area (Å²) in [6.45, 7) is 5.52. The van der Waals surface area contributed by atoms with Gasteiger partial charge in [0.15, 0.2) is 0 Å². The maximum atomic E-state index is 13.2. The van der Waals surface area contributed by atoms with Crippen molar-refractivity contribution in [1.29, 1.82) is 0 Å². The van der Waals surface area contributed by atoms with Gasteiger partial charge in [-0.25, -0.2) is 4.79 Å². The number of esters is 1. The minimum atomic E-state index is -0.679. The van der Waals surface area contributed by atoms with Crippen LogP contribution < -0.4 is 11.1 Å². The lowest BCUT2D eigenvalue weighted by atomic mass is 9.85. The molecule has 0 spiro atoms. The molecule has 0 saturated heterocycles. The van der Waals surface area contributed by atoms with Crippen molar-refractivity contribution in [1.82, 2.24) is 5.32 Å². The SMILES string of the molecule is CC(C)(C)OC(=O)[C@H](CCC1CCCCC1)NC(=O)c1ccc(N)c(CCc2ccc(O)cc2)c1. The molecule has 0 bridgehead atoms. The van der Waals surface area contributed by atoms with Gasteiger partial charge in [0.1, 0.15) is 17.4 Å². The van der Waals surface area contributed by atoms with E-state index >= 15 is 0 Å². The summed E-state index contributed by atoms with van der Waals surface area (Å²) in [5.74, 6) is 0.156. The Bertz CT molecular complexity index is 989. The Kier molecular flexibility index (Phi) is 9.19. The number of carbonyl (C=O) groups is 2. The van der Waals surface area contributed by atoms with E-state index in [0.29, 0.717) is 30.0 Å². The highest BCUT2D eigenvalue weighted by Gasteiger charge is 2.28. The molecule has 6 nitrogen and oxygen atoms in total. The molecule has 2 aromatic rings. The van der Waals surface area contributed by atoms with Gasteiger partial charge in [0.2, 0.25) is 0 Å². The molecular weight excluding hydrogens is 440 g/mol. The standard InChI is InChI=1S/C29H40N2O4/c1-29(2,3)35-28(34)26(18-12-20-7-5-4-6-8-20)31-27(33)23-14-17-25(30)22(19-23)13-9-21-10-15-24(32)16-11-21/h10-11,14-17,19-20,26,32H,4-9,12-13,18,30H2,1-3H3,(H,31,33)/t26-/m0/s1. The number of nitrogens with one attached hydrogen (secondary N) is 1. The Morgan fingerprint density at radius 2 is 1.74 bits per heavy atom. The lowest BCUT2D eigenvalue weighted by molar-refractivity contribution is -0.157. The number of amides is 1. The molecule has 4 N–H and O–H groups in total. The van der Waals surface area contributed by atoms with E-state index in [9.17, 15) is 14.7 Å². The first kappa shape index (κ1) is 26.6. The van der Waals surface area contributed by atoms with E-state index in [0.717, 1.165) is 24.0 Å². The fourth-order valence-electron chi connectivity index (χ4n) is 4.65. The van der Waals surface area contributed by atoms with Gasteiger partial charge < -0.3 is 20.9 Å². The fraction of sp³-hybridized carbons (Fsp3) is 0.517. The van der Waals surface area contributed by atoms with Crippen molar-refractivity contribution in [3.8, 4) is 5.75 Å². The number of ether oxygens (including phenoxy) is 1. The normalized spacial score (nSPS) is 15.4. The molecule has 2 aromatic carbocycles. The predicted molar refractivity (Wildman–Crippen MR) is 139 cm³/mol.